The molecule has 30 heavy (non-hydrogen) atoms. The van der Waals surface area contributed by atoms with E-state index in [-0.39, 0.29) is 16.7 Å². The van der Waals surface area contributed by atoms with E-state index in [1.807, 2.05) is 12.1 Å². The van der Waals surface area contributed by atoms with E-state index in [1.54, 1.807) is 12.1 Å². The van der Waals surface area contributed by atoms with Gasteiger partial charge in [-0.15, -0.1) is 0 Å². The maximum Gasteiger partial charge on any atom is 0.271 e. The molecule has 1 heterocycles. The van der Waals surface area contributed by atoms with Crippen LogP contribution in [0.25, 0.3) is 0 Å². The number of likely N-dealkylation sites (tertiary alicyclic amines) is 1. The number of hydrogen-bond acceptors (Lipinski definition) is 3. The number of fused-ring (bicyclic) bond motifs is 2. The van der Waals surface area contributed by atoms with Crippen molar-refractivity contribution < 1.29 is 9.59 Å². The molecule has 1 N–H and O–H groups in total. The Morgan fingerprint density at radius 1 is 1.10 bits per heavy atom. The maximum atomic E-state index is 13.8. The lowest BCUT2D eigenvalue weighted by atomic mass is 9.64. The van der Waals surface area contributed by atoms with Crippen molar-refractivity contribution in [2.45, 2.75) is 59.8 Å². The molecular weight excluding hydrogens is 442 g/mol. The number of amides is 2. The molecule has 1 aromatic rings. The number of piperidine rings is 1. The normalized spacial score (nSPS) is 31.9. The van der Waals surface area contributed by atoms with E-state index in [0.717, 1.165) is 49.0 Å². The predicted molar refractivity (Wildman–Crippen MR) is 122 cm³/mol. The molecule has 3 fully saturated rings. The van der Waals surface area contributed by atoms with Gasteiger partial charge in [0.25, 0.3) is 5.91 Å². The summed E-state index contributed by atoms with van der Waals surface area (Å²) in [5, 5.41) is 4.59. The quantitative estimate of drug-likeness (QED) is 0.626. The van der Waals surface area contributed by atoms with Gasteiger partial charge in [-0.1, -0.05) is 43.6 Å². The highest BCUT2D eigenvalue weighted by Crippen LogP contribution is 2.71. The van der Waals surface area contributed by atoms with Gasteiger partial charge in [-0.05, 0) is 61.3 Å². The monoisotopic (exact) mass is 473 g/mol. The number of carbonyl (C=O) groups excluding carboxylic acids is 2. The molecule has 2 aliphatic carbocycles. The minimum atomic E-state index is -0.413. The van der Waals surface area contributed by atoms with E-state index < -0.39 is 5.41 Å². The van der Waals surface area contributed by atoms with Gasteiger partial charge in [0.05, 0.1) is 5.41 Å². The van der Waals surface area contributed by atoms with Crippen molar-refractivity contribution in [2.75, 3.05) is 13.1 Å². The Hall–Kier alpha value is -1.69. The third-order valence-corrected chi connectivity index (χ3v) is 9.14. The fourth-order valence-corrected chi connectivity index (χ4v) is 6.09. The third-order valence-electron chi connectivity index (χ3n) is 8.61. The van der Waals surface area contributed by atoms with Gasteiger partial charge in [0.1, 0.15) is 0 Å². The number of carbonyl (C=O) groups is 2. The second-order valence-electron chi connectivity index (χ2n) is 10.2. The SMILES string of the molecule is CC1CCN(C(=O)C23CCC(C)(/C(=N\NC(=O)c4ccc(Br)cc4)C2)C3(C)C)CC1. The number of nitrogens with zero attached hydrogens (tertiary/aromatic N) is 2. The van der Waals surface area contributed by atoms with E-state index >= 15 is 0 Å². The molecule has 2 unspecified atom stereocenters. The molecule has 2 amide bonds. The molecule has 2 atom stereocenters. The average molecular weight is 474 g/mol. The number of halogens is 1. The first kappa shape index (κ1) is 21.5. The Morgan fingerprint density at radius 3 is 2.37 bits per heavy atom. The van der Waals surface area contributed by atoms with Gasteiger partial charge < -0.3 is 4.90 Å². The minimum Gasteiger partial charge on any atom is -0.342 e. The van der Waals surface area contributed by atoms with Crippen molar-refractivity contribution in [3.8, 4) is 0 Å². The molecule has 3 aliphatic rings. The van der Waals surface area contributed by atoms with Gasteiger partial charge >= 0.3 is 0 Å². The molecule has 1 saturated heterocycles. The average Bonchev–Trinajstić information content (AvgIpc) is 3.03. The van der Waals surface area contributed by atoms with Crippen LogP contribution in [0, 0.1) is 22.2 Å². The van der Waals surface area contributed by atoms with Crippen LogP contribution in [-0.4, -0.2) is 35.5 Å². The predicted octanol–water partition coefficient (Wildman–Crippen LogP) is 5.01. The van der Waals surface area contributed by atoms with E-state index in [2.05, 4.69) is 59.1 Å². The number of hydrazone groups is 1. The Labute approximate surface area is 187 Å². The van der Waals surface area contributed by atoms with Gasteiger partial charge in [-0.25, -0.2) is 5.43 Å². The van der Waals surface area contributed by atoms with E-state index in [9.17, 15) is 9.59 Å². The molecule has 6 heteroatoms. The Morgan fingerprint density at radius 2 is 1.73 bits per heavy atom. The van der Waals surface area contributed by atoms with Crippen LogP contribution in [-0.2, 0) is 4.79 Å². The molecule has 5 nitrogen and oxygen atoms in total. The fraction of sp³-hybridized carbons (Fsp3) is 0.625. The van der Waals surface area contributed by atoms with E-state index in [4.69, 9.17) is 0 Å². The van der Waals surface area contributed by atoms with Gasteiger partial charge in [-0.2, -0.15) is 5.10 Å². The second-order valence-corrected chi connectivity index (χ2v) is 11.1. The van der Waals surface area contributed by atoms with Gasteiger partial charge in [0.2, 0.25) is 5.91 Å². The molecular formula is C24H32BrN3O2. The highest BCUT2D eigenvalue weighted by atomic mass is 79.9. The summed E-state index contributed by atoms with van der Waals surface area (Å²) in [6.07, 6.45) is 4.65. The summed E-state index contributed by atoms with van der Waals surface area (Å²) < 4.78 is 0.931. The van der Waals surface area contributed by atoms with Crippen molar-refractivity contribution >= 4 is 33.5 Å². The summed E-state index contributed by atoms with van der Waals surface area (Å²) in [7, 11) is 0. The molecule has 0 aromatic heterocycles. The molecule has 1 aromatic carbocycles. The lowest BCUT2D eigenvalue weighted by molar-refractivity contribution is -0.148. The second kappa shape index (κ2) is 7.47. The number of hydrogen-bond donors (Lipinski definition) is 1. The molecule has 0 radical (unpaired) electrons. The Kier molecular flexibility index (Phi) is 5.36. The van der Waals surface area contributed by atoms with Gasteiger partial charge in [-0.3, -0.25) is 9.59 Å². The zero-order valence-electron chi connectivity index (χ0n) is 18.4. The highest BCUT2D eigenvalue weighted by molar-refractivity contribution is 9.10. The third kappa shape index (κ3) is 3.14. The van der Waals surface area contributed by atoms with Crippen molar-refractivity contribution in [3.05, 3.63) is 34.3 Å². The van der Waals surface area contributed by atoms with Gasteiger partial charge in [0, 0.05) is 40.7 Å². The molecule has 162 valence electrons. The number of nitrogens with one attached hydrogen (secondary N) is 1. The molecule has 1 aliphatic heterocycles. The largest absolute Gasteiger partial charge is 0.342 e. The van der Waals surface area contributed by atoms with E-state index in [0.29, 0.717) is 23.8 Å². The fourth-order valence-electron chi connectivity index (χ4n) is 5.82. The molecule has 4 rings (SSSR count). The molecule has 2 saturated carbocycles. The maximum absolute atomic E-state index is 13.8. The lowest BCUT2D eigenvalue weighted by Crippen LogP contribution is -2.50. The van der Waals surface area contributed by atoms with Crippen LogP contribution in [0.4, 0.5) is 0 Å². The summed E-state index contributed by atoms with van der Waals surface area (Å²) in [5.74, 6) is 0.778. The van der Waals surface area contributed by atoms with Crippen LogP contribution in [0.3, 0.4) is 0 Å². The summed E-state index contributed by atoms with van der Waals surface area (Å²) >= 11 is 3.39. The lowest BCUT2D eigenvalue weighted by Gasteiger charge is -2.43. The minimum absolute atomic E-state index is 0.182. The first-order valence-electron chi connectivity index (χ1n) is 11.0. The first-order chi connectivity index (χ1) is 14.1. The molecule has 0 spiro atoms. The standard InChI is InChI=1S/C24H32BrN3O2/c1-16-9-13-28(14-10-16)21(30)24-12-11-23(4,22(24,2)3)19(15-24)26-27-20(29)17-5-7-18(25)8-6-17/h5-8,16H,9-15H2,1-4H3,(H,27,29)/b26-19-. The number of rotatable bonds is 3. The van der Waals surface area contributed by atoms with Crippen molar-refractivity contribution in [1.29, 1.82) is 0 Å². The summed E-state index contributed by atoms with van der Waals surface area (Å²) in [4.78, 5) is 28.4. The van der Waals surface area contributed by atoms with Crippen LogP contribution >= 0.6 is 15.9 Å². The van der Waals surface area contributed by atoms with Crippen molar-refractivity contribution in [2.24, 2.45) is 27.3 Å². The smallest absolute Gasteiger partial charge is 0.271 e. The summed E-state index contributed by atoms with van der Waals surface area (Å²) in [5.41, 5.74) is 3.50. The van der Waals surface area contributed by atoms with Crippen LogP contribution in [0.15, 0.2) is 33.8 Å². The zero-order chi connectivity index (χ0) is 21.7. The van der Waals surface area contributed by atoms with Crippen LogP contribution < -0.4 is 5.43 Å². The zero-order valence-corrected chi connectivity index (χ0v) is 20.0. The van der Waals surface area contributed by atoms with Crippen molar-refractivity contribution in [1.82, 2.24) is 10.3 Å². The number of benzene rings is 1. The summed E-state index contributed by atoms with van der Waals surface area (Å²) in [6, 6.07) is 7.23. The topological polar surface area (TPSA) is 61.8 Å². The van der Waals surface area contributed by atoms with Crippen LogP contribution in [0.1, 0.15) is 70.2 Å². The van der Waals surface area contributed by atoms with Crippen LogP contribution in [0.5, 0.6) is 0 Å². The summed E-state index contributed by atoms with van der Waals surface area (Å²) in [6.45, 7) is 10.7. The first-order valence-corrected chi connectivity index (χ1v) is 11.8. The Bertz CT molecular complexity index is 886. The van der Waals surface area contributed by atoms with Crippen molar-refractivity contribution in [3.63, 3.8) is 0 Å². The van der Waals surface area contributed by atoms with Gasteiger partial charge in [0.15, 0.2) is 0 Å². The highest BCUT2D eigenvalue weighted by Gasteiger charge is 2.72. The molecule has 2 bridgehead atoms. The Balaban J connectivity index is 1.57. The van der Waals surface area contributed by atoms with Crippen LogP contribution in [0.2, 0.25) is 0 Å². The van der Waals surface area contributed by atoms with E-state index in [1.165, 1.54) is 0 Å².